The van der Waals surface area contributed by atoms with Crippen molar-refractivity contribution < 1.29 is 90.6 Å². The van der Waals surface area contributed by atoms with Crippen molar-refractivity contribution >= 4 is 59.4 Å². The maximum atomic E-state index is 14.2. The Hall–Kier alpha value is -6.15. The molecule has 0 radical (unpaired) electrons. The van der Waals surface area contributed by atoms with E-state index in [0.717, 1.165) is 4.90 Å². The molecule has 0 aromatic heterocycles. The van der Waals surface area contributed by atoms with Gasteiger partial charge in [-0.1, -0.05) is 19.0 Å². The van der Waals surface area contributed by atoms with Gasteiger partial charge in [-0.2, -0.15) is 0 Å². The second-order valence-corrected chi connectivity index (χ2v) is 22.1. The Kier molecular flexibility index (Phi) is 32.6. The molecule has 0 heterocycles. The Morgan fingerprint density at radius 3 is 1.42 bits per heavy atom. The summed E-state index contributed by atoms with van der Waals surface area (Å²) in [5.41, 5.74) is 5.17. The lowest BCUT2D eigenvalue weighted by atomic mass is 10.0. The summed E-state index contributed by atoms with van der Waals surface area (Å²) >= 11 is 0. The van der Waals surface area contributed by atoms with E-state index >= 15 is 0 Å². The summed E-state index contributed by atoms with van der Waals surface area (Å²) in [6, 6.07) is -5.92. The highest BCUT2D eigenvalue weighted by Crippen LogP contribution is 2.16. The van der Waals surface area contributed by atoms with Crippen LogP contribution < -0.4 is 21.3 Å². The molecule has 0 aliphatic heterocycles. The predicted octanol–water partition coefficient (Wildman–Crippen LogP) is 2.67. The second kappa shape index (κ2) is 35.4. The fraction of sp³-hybridized carbons (Fsp3) is 0.804. The minimum Gasteiger partial charge on any atom is -0.460 e. The highest BCUT2D eigenvalue weighted by Gasteiger charge is 2.38. The van der Waals surface area contributed by atoms with Gasteiger partial charge >= 0.3 is 29.8 Å². The van der Waals surface area contributed by atoms with Crippen LogP contribution in [0.15, 0.2) is 5.11 Å². The van der Waals surface area contributed by atoms with Crippen LogP contribution in [0.5, 0.6) is 0 Å². The van der Waals surface area contributed by atoms with Gasteiger partial charge in [-0.3, -0.25) is 47.9 Å². The number of carbonyl (C=O) groups excluding carboxylic acids is 10. The van der Waals surface area contributed by atoms with E-state index in [-0.39, 0.29) is 45.4 Å². The second-order valence-electron chi connectivity index (χ2n) is 22.1. The lowest BCUT2D eigenvalue weighted by molar-refractivity contribution is -0.165. The van der Waals surface area contributed by atoms with Crippen LogP contribution in [0.3, 0.4) is 0 Å². The molecule has 5 amide bonds. The molecule has 0 rings (SSSR count). The number of nitrogens with zero attached hydrogens (tertiary/aromatic N) is 4. The van der Waals surface area contributed by atoms with E-state index in [2.05, 4.69) is 31.3 Å². The van der Waals surface area contributed by atoms with Gasteiger partial charge in [-0.25, -0.2) is 0 Å². The largest absolute Gasteiger partial charge is 0.460 e. The molecule has 78 heavy (non-hydrogen) atoms. The fourth-order valence-corrected chi connectivity index (χ4v) is 6.31. The molecule has 27 nitrogen and oxygen atoms in total. The van der Waals surface area contributed by atoms with Crippen LogP contribution in [0.4, 0.5) is 0 Å². The first kappa shape index (κ1) is 71.8. The summed E-state index contributed by atoms with van der Waals surface area (Å²) in [5.74, 6) is -9.56. The minimum atomic E-state index is -1.93. The lowest BCUT2D eigenvalue weighted by Crippen LogP contribution is -2.60. The number of amides is 5. The quantitative estimate of drug-likeness (QED) is 0.0177. The summed E-state index contributed by atoms with van der Waals surface area (Å²) in [7, 11) is 1.29. The first-order chi connectivity index (χ1) is 35.9. The maximum absolute atomic E-state index is 14.2. The van der Waals surface area contributed by atoms with Crippen LogP contribution in [-0.2, 0) is 90.6 Å². The zero-order chi connectivity index (χ0) is 60.0. The van der Waals surface area contributed by atoms with E-state index in [4.69, 9.17) is 48.2 Å². The van der Waals surface area contributed by atoms with Crippen molar-refractivity contribution in [1.82, 2.24) is 26.2 Å². The number of rotatable bonds is 35. The van der Waals surface area contributed by atoms with Gasteiger partial charge in [-0.15, -0.1) is 0 Å². The van der Waals surface area contributed by atoms with Crippen molar-refractivity contribution in [2.75, 3.05) is 73.0 Å². The van der Waals surface area contributed by atoms with Crippen molar-refractivity contribution in [1.29, 1.82) is 0 Å². The summed E-state index contributed by atoms with van der Waals surface area (Å²) in [5, 5.41) is 13.2. The molecule has 5 atom stereocenters. The molecular formula is C51H88N8O19. The van der Waals surface area contributed by atoms with Crippen LogP contribution in [0.25, 0.3) is 10.4 Å². The number of carbonyl (C=O) groups is 10. The first-order valence-corrected chi connectivity index (χ1v) is 25.8. The molecule has 0 saturated heterocycles. The lowest BCUT2D eigenvalue weighted by Gasteiger charge is -2.31. The van der Waals surface area contributed by atoms with Crippen LogP contribution >= 0.6 is 0 Å². The summed E-state index contributed by atoms with van der Waals surface area (Å²) in [6.45, 7) is 25.4. The highest BCUT2D eigenvalue weighted by molar-refractivity contribution is 5.97. The number of hydrogen-bond donors (Lipinski definition) is 4. The van der Waals surface area contributed by atoms with Gasteiger partial charge in [0.15, 0.2) is 6.10 Å². The molecule has 0 aromatic carbocycles. The molecule has 4 N–H and O–H groups in total. The van der Waals surface area contributed by atoms with E-state index in [0.29, 0.717) is 26.4 Å². The standard InChI is InChI=1S/C51H88N8O19/c1-32(2)42(57-44(66)34(17-18-37(60)75-48(4,5)6)55-45(67)36(74-41(64)31-54-58-52)30-40(63)78-51(13,14)15)46(68)56-35(29-39(62)77-50(10,11)12)47(69)59(16)33(3)43(65)53-20-22-71-24-26-73-28-27-72-25-23-70-21-19-38(61)76-49(7,8)9/h32-36,42H,17-31H2,1-16H3,(H,53,65)(H,55,67)(H,56,68)(H,57,66)/t33-,34-,35+,36+,42-/m0/s1. The average molecular weight is 1120 g/mol. The Bertz CT molecular complexity index is 2020. The van der Waals surface area contributed by atoms with Gasteiger partial charge in [0.25, 0.3) is 5.91 Å². The minimum absolute atomic E-state index is 0.0578. The van der Waals surface area contributed by atoms with Crippen LogP contribution in [0.1, 0.15) is 136 Å². The maximum Gasteiger partial charge on any atom is 0.312 e. The topological polar surface area (TPSA) is 354 Å². The number of ether oxygens (including phenoxy) is 9. The van der Waals surface area contributed by atoms with Crippen molar-refractivity contribution in [3.8, 4) is 0 Å². The summed E-state index contributed by atoms with van der Waals surface area (Å²) in [4.78, 5) is 136. The third-order valence-corrected chi connectivity index (χ3v) is 9.78. The van der Waals surface area contributed by atoms with Gasteiger partial charge < -0.3 is 68.8 Å². The summed E-state index contributed by atoms with van der Waals surface area (Å²) in [6.07, 6.45) is -4.21. The SMILES string of the molecule is CC(C)[C@H](NC(=O)[C@H](CCC(=O)OC(C)(C)C)NC(=O)[C@@H](CC(=O)OC(C)(C)C)OC(=O)CN=[N+]=[N-])C(=O)N[C@H](CC(=O)OC(C)(C)C)C(=O)N(C)[C@@H](C)C(=O)NCCOCCOCCOCCOCCC(=O)OC(C)(C)C. The van der Waals surface area contributed by atoms with Gasteiger partial charge in [0.1, 0.15) is 53.1 Å². The number of likely N-dealkylation sites (N-methyl/N-ethyl adjacent to an activating group) is 1. The Balaban J connectivity index is 5.99. The number of hydrogen-bond acceptors (Lipinski definition) is 20. The highest BCUT2D eigenvalue weighted by atomic mass is 16.6. The number of nitrogens with one attached hydrogen (secondary N) is 4. The molecule has 0 bridgehead atoms. The Morgan fingerprint density at radius 2 is 0.949 bits per heavy atom. The van der Waals surface area contributed by atoms with Crippen molar-refractivity contribution in [2.24, 2.45) is 11.0 Å². The molecule has 0 saturated carbocycles. The molecule has 446 valence electrons. The van der Waals surface area contributed by atoms with Crippen LogP contribution in [0, 0.1) is 5.92 Å². The Morgan fingerprint density at radius 1 is 0.513 bits per heavy atom. The Labute approximate surface area is 458 Å². The van der Waals surface area contributed by atoms with E-state index in [1.807, 2.05) is 0 Å². The molecule has 0 aromatic rings. The normalized spacial score (nSPS) is 13.7. The van der Waals surface area contributed by atoms with E-state index in [1.54, 1.807) is 96.9 Å². The molecule has 0 aliphatic carbocycles. The molecule has 0 aliphatic rings. The van der Waals surface area contributed by atoms with Crippen LogP contribution in [0.2, 0.25) is 0 Å². The van der Waals surface area contributed by atoms with Crippen molar-refractivity contribution in [2.45, 2.75) is 189 Å². The average Bonchev–Trinajstić information content (AvgIpc) is 3.28. The van der Waals surface area contributed by atoms with Gasteiger partial charge in [0.05, 0.1) is 72.1 Å². The van der Waals surface area contributed by atoms with Gasteiger partial charge in [0, 0.05) is 24.9 Å². The van der Waals surface area contributed by atoms with Gasteiger partial charge in [-0.05, 0) is 108 Å². The zero-order valence-corrected chi connectivity index (χ0v) is 48.6. The molecular weight excluding hydrogens is 1030 g/mol. The predicted molar refractivity (Wildman–Crippen MR) is 280 cm³/mol. The monoisotopic (exact) mass is 1120 g/mol. The smallest absolute Gasteiger partial charge is 0.312 e. The zero-order valence-electron chi connectivity index (χ0n) is 48.6. The molecule has 0 unspecified atom stereocenters. The third kappa shape index (κ3) is 35.3. The van der Waals surface area contributed by atoms with Gasteiger partial charge in [0.2, 0.25) is 23.6 Å². The molecule has 0 spiro atoms. The fourth-order valence-electron chi connectivity index (χ4n) is 6.31. The van der Waals surface area contributed by atoms with E-state index in [1.165, 1.54) is 14.0 Å². The molecule has 27 heteroatoms. The molecule has 0 fully saturated rings. The van der Waals surface area contributed by atoms with E-state index in [9.17, 15) is 47.9 Å². The van der Waals surface area contributed by atoms with Crippen molar-refractivity contribution in [3.63, 3.8) is 0 Å². The first-order valence-electron chi connectivity index (χ1n) is 25.8. The van der Waals surface area contributed by atoms with Crippen LogP contribution in [-0.4, -0.2) is 190 Å². The van der Waals surface area contributed by atoms with E-state index < -0.39 is 144 Å². The number of esters is 5. The third-order valence-electron chi connectivity index (χ3n) is 9.78. The summed E-state index contributed by atoms with van der Waals surface area (Å²) < 4.78 is 48.3. The van der Waals surface area contributed by atoms with Crippen molar-refractivity contribution in [3.05, 3.63) is 10.4 Å². The number of azide groups is 1.